The van der Waals surface area contributed by atoms with Gasteiger partial charge in [-0.15, -0.1) is 0 Å². The van der Waals surface area contributed by atoms with Crippen molar-refractivity contribution in [2.24, 2.45) is 5.92 Å². The lowest BCUT2D eigenvalue weighted by Crippen LogP contribution is -2.44. The summed E-state index contributed by atoms with van der Waals surface area (Å²) in [6, 6.07) is 14.6. The fourth-order valence-electron chi connectivity index (χ4n) is 3.89. The smallest absolute Gasteiger partial charge is 0.120 e. The summed E-state index contributed by atoms with van der Waals surface area (Å²) in [5.41, 5.74) is 1.25. The Bertz CT molecular complexity index is 742. The Balaban J connectivity index is 1.88. The molecule has 2 heterocycles. The summed E-state index contributed by atoms with van der Waals surface area (Å²) in [4.78, 5) is 4.71. The van der Waals surface area contributed by atoms with E-state index in [-0.39, 0.29) is 5.92 Å². The maximum absolute atomic E-state index is 12.0. The van der Waals surface area contributed by atoms with Crippen molar-refractivity contribution in [1.82, 2.24) is 4.90 Å². The number of piperidine rings is 1. The van der Waals surface area contributed by atoms with Gasteiger partial charge in [-0.3, -0.25) is 0 Å². The van der Waals surface area contributed by atoms with E-state index in [4.69, 9.17) is 0 Å². The lowest BCUT2D eigenvalue weighted by atomic mass is 9.72. The molecule has 4 heteroatoms. The quantitative estimate of drug-likeness (QED) is 0.776. The van der Waals surface area contributed by atoms with Gasteiger partial charge in [0.05, 0.1) is 0 Å². The molecule has 23 heavy (non-hydrogen) atoms. The molecule has 1 atom stereocenters. The molecule has 1 fully saturated rings. The van der Waals surface area contributed by atoms with E-state index in [1.165, 1.54) is 9.79 Å². The average Bonchev–Trinajstić information content (AvgIpc) is 2.56. The van der Waals surface area contributed by atoms with Crippen LogP contribution in [-0.4, -0.2) is 30.1 Å². The summed E-state index contributed by atoms with van der Waals surface area (Å²) < 4.78 is 1.03. The van der Waals surface area contributed by atoms with Crippen LogP contribution in [0.5, 0.6) is 0 Å². The predicted molar refractivity (Wildman–Crippen MR) is 97.9 cm³/mol. The van der Waals surface area contributed by atoms with Crippen LogP contribution in [0.4, 0.5) is 0 Å². The zero-order valence-corrected chi connectivity index (χ0v) is 15.5. The Hall–Kier alpha value is -0.810. The molecule has 0 saturated carbocycles. The molecule has 2 aromatic carbocycles. The van der Waals surface area contributed by atoms with Crippen molar-refractivity contribution in [3.63, 3.8) is 0 Å². The second-order valence-corrected chi connectivity index (χ2v) is 8.58. The van der Waals surface area contributed by atoms with E-state index in [1.807, 2.05) is 6.07 Å². The van der Waals surface area contributed by atoms with E-state index in [1.54, 1.807) is 11.8 Å². The number of hydrogen-bond donors (Lipinski definition) is 1. The summed E-state index contributed by atoms with van der Waals surface area (Å²) in [6.45, 7) is 2.09. The summed E-state index contributed by atoms with van der Waals surface area (Å²) in [7, 11) is 2.16. The minimum absolute atomic E-state index is 0.258. The van der Waals surface area contributed by atoms with Gasteiger partial charge >= 0.3 is 0 Å². The van der Waals surface area contributed by atoms with Gasteiger partial charge in [-0.05, 0) is 63.2 Å². The Kier molecular flexibility index (Phi) is 4.04. The highest BCUT2D eigenvalue weighted by Crippen LogP contribution is 2.53. The van der Waals surface area contributed by atoms with Crippen LogP contribution in [0.1, 0.15) is 24.0 Å². The van der Waals surface area contributed by atoms with Crippen LogP contribution in [0.2, 0.25) is 0 Å². The van der Waals surface area contributed by atoms with Crippen molar-refractivity contribution in [2.45, 2.75) is 28.2 Å². The molecule has 4 rings (SSSR count). The van der Waals surface area contributed by atoms with Gasteiger partial charge < -0.3 is 10.0 Å². The number of halogens is 1. The predicted octanol–water partition coefficient (Wildman–Crippen LogP) is 4.49. The SMILES string of the molecule is CN1CCC(C2(O)c3ccccc3Sc3ccc(Br)cc32)CC1. The number of rotatable bonds is 1. The molecule has 120 valence electrons. The number of fused-ring (bicyclic) bond motifs is 2. The number of nitrogens with zero attached hydrogens (tertiary/aromatic N) is 1. The third-order valence-corrected chi connectivity index (χ3v) is 6.82. The molecular formula is C19H20BrNOS. The summed E-state index contributed by atoms with van der Waals surface area (Å²) >= 11 is 5.35. The van der Waals surface area contributed by atoms with E-state index >= 15 is 0 Å². The normalized spacial score (nSPS) is 25.0. The van der Waals surface area contributed by atoms with Gasteiger partial charge in [0.15, 0.2) is 0 Å². The van der Waals surface area contributed by atoms with E-state index in [0.29, 0.717) is 0 Å². The maximum atomic E-state index is 12.0. The number of aliphatic hydroxyl groups is 1. The first-order valence-electron chi connectivity index (χ1n) is 8.07. The minimum atomic E-state index is -0.887. The molecule has 0 aromatic heterocycles. The Morgan fingerprint density at radius 2 is 1.78 bits per heavy atom. The van der Waals surface area contributed by atoms with Crippen LogP contribution in [0.3, 0.4) is 0 Å². The molecule has 1 saturated heterocycles. The molecule has 0 aliphatic carbocycles. The molecule has 0 spiro atoms. The van der Waals surface area contributed by atoms with Gasteiger partial charge in [0.1, 0.15) is 5.60 Å². The van der Waals surface area contributed by atoms with Gasteiger partial charge in [0.2, 0.25) is 0 Å². The molecular weight excluding hydrogens is 370 g/mol. The van der Waals surface area contributed by atoms with Gasteiger partial charge in [-0.2, -0.15) is 0 Å². The van der Waals surface area contributed by atoms with Crippen molar-refractivity contribution < 1.29 is 5.11 Å². The molecule has 0 radical (unpaired) electrons. The zero-order valence-electron chi connectivity index (χ0n) is 13.1. The van der Waals surface area contributed by atoms with Crippen molar-refractivity contribution >= 4 is 27.7 Å². The third kappa shape index (κ3) is 2.56. The first kappa shape index (κ1) is 15.7. The highest BCUT2D eigenvalue weighted by atomic mass is 79.9. The zero-order chi connectivity index (χ0) is 16.0. The largest absolute Gasteiger partial charge is 0.380 e. The fraction of sp³-hybridized carbons (Fsp3) is 0.368. The van der Waals surface area contributed by atoms with Gasteiger partial charge in [-0.1, -0.05) is 45.9 Å². The molecule has 2 aliphatic rings. The van der Waals surface area contributed by atoms with Crippen molar-refractivity contribution in [2.75, 3.05) is 20.1 Å². The molecule has 2 nitrogen and oxygen atoms in total. The van der Waals surface area contributed by atoms with Crippen molar-refractivity contribution in [1.29, 1.82) is 0 Å². The summed E-state index contributed by atoms with van der Waals surface area (Å²) in [5.74, 6) is 0.258. The van der Waals surface area contributed by atoms with Crippen LogP contribution in [0.25, 0.3) is 0 Å². The molecule has 0 amide bonds. The molecule has 1 unspecified atom stereocenters. The fourth-order valence-corrected chi connectivity index (χ4v) is 5.43. The Morgan fingerprint density at radius 1 is 1.09 bits per heavy atom. The van der Waals surface area contributed by atoms with Crippen molar-refractivity contribution in [3.8, 4) is 0 Å². The van der Waals surface area contributed by atoms with E-state index in [2.05, 4.69) is 64.3 Å². The monoisotopic (exact) mass is 389 g/mol. The third-order valence-electron chi connectivity index (χ3n) is 5.18. The van der Waals surface area contributed by atoms with E-state index < -0.39 is 5.60 Å². The molecule has 1 N–H and O–H groups in total. The number of hydrogen-bond acceptors (Lipinski definition) is 3. The van der Waals surface area contributed by atoms with E-state index in [9.17, 15) is 5.11 Å². The van der Waals surface area contributed by atoms with Crippen LogP contribution < -0.4 is 0 Å². The van der Waals surface area contributed by atoms with Crippen molar-refractivity contribution in [3.05, 3.63) is 58.1 Å². The van der Waals surface area contributed by atoms with Gasteiger partial charge in [0.25, 0.3) is 0 Å². The van der Waals surface area contributed by atoms with Crippen LogP contribution in [0, 0.1) is 5.92 Å². The number of likely N-dealkylation sites (tertiary alicyclic amines) is 1. The Morgan fingerprint density at radius 3 is 2.57 bits per heavy atom. The maximum Gasteiger partial charge on any atom is 0.120 e. The standard InChI is InChI=1S/C19H20BrNOS/c1-21-10-8-13(9-11-21)19(22)15-4-2-3-5-17(15)23-18-7-6-14(20)12-16(18)19/h2-7,12-13,22H,8-11H2,1H3. The Labute approximate surface area is 150 Å². The summed E-state index contributed by atoms with van der Waals surface area (Å²) in [6.07, 6.45) is 2.05. The van der Waals surface area contributed by atoms with Crippen LogP contribution >= 0.6 is 27.7 Å². The molecule has 2 aliphatic heterocycles. The minimum Gasteiger partial charge on any atom is -0.380 e. The lowest BCUT2D eigenvalue weighted by Gasteiger charge is -2.44. The van der Waals surface area contributed by atoms with E-state index in [0.717, 1.165) is 41.5 Å². The first-order chi connectivity index (χ1) is 11.1. The number of benzene rings is 2. The molecule has 0 bridgehead atoms. The lowest BCUT2D eigenvalue weighted by molar-refractivity contribution is -0.0159. The average molecular weight is 390 g/mol. The first-order valence-corrected chi connectivity index (χ1v) is 9.68. The van der Waals surface area contributed by atoms with Gasteiger partial charge in [-0.25, -0.2) is 0 Å². The summed E-state index contributed by atoms with van der Waals surface area (Å²) in [5, 5.41) is 12.0. The molecule has 2 aromatic rings. The highest BCUT2D eigenvalue weighted by molar-refractivity contribution is 9.10. The second-order valence-electron chi connectivity index (χ2n) is 6.58. The topological polar surface area (TPSA) is 23.5 Å². The second kappa shape index (κ2) is 5.92. The van der Waals surface area contributed by atoms with Crippen LogP contribution in [-0.2, 0) is 5.60 Å². The van der Waals surface area contributed by atoms with Gasteiger partial charge in [0, 0.05) is 25.4 Å². The highest BCUT2D eigenvalue weighted by Gasteiger charge is 2.46. The van der Waals surface area contributed by atoms with Crippen LogP contribution in [0.15, 0.2) is 56.7 Å².